The number of carbonyl (C=O) groups excluding carboxylic acids is 2. The van der Waals surface area contributed by atoms with Gasteiger partial charge in [0.25, 0.3) is 0 Å². The van der Waals surface area contributed by atoms with Gasteiger partial charge in [-0.1, -0.05) is 29.8 Å². The molecule has 0 spiro atoms. The van der Waals surface area contributed by atoms with Crippen LogP contribution in [-0.4, -0.2) is 11.9 Å². The van der Waals surface area contributed by atoms with Crippen LogP contribution in [0.25, 0.3) is 0 Å². The van der Waals surface area contributed by atoms with Gasteiger partial charge in [-0.3, -0.25) is 9.59 Å². The van der Waals surface area contributed by atoms with E-state index in [1.54, 1.807) is 24.3 Å². The summed E-state index contributed by atoms with van der Waals surface area (Å²) < 4.78 is 11.0. The molecule has 0 aromatic heterocycles. The van der Waals surface area contributed by atoms with Crippen molar-refractivity contribution >= 4 is 39.5 Å². The molecule has 126 valence electrons. The van der Waals surface area contributed by atoms with Gasteiger partial charge in [-0.05, 0) is 58.6 Å². The van der Waals surface area contributed by atoms with Gasteiger partial charge in [0.2, 0.25) is 0 Å². The number of rotatable bonds is 5. The normalized spacial score (nSPS) is 10.3. The number of para-hydroxylation sites is 1. The van der Waals surface area contributed by atoms with Crippen molar-refractivity contribution in [3.8, 4) is 11.5 Å². The largest absolute Gasteiger partial charge is 0.426 e. The fourth-order valence-corrected chi connectivity index (χ4v) is 2.86. The van der Waals surface area contributed by atoms with Crippen molar-refractivity contribution in [3.05, 3.63) is 57.0 Å². The molecular weight excluding hydrogens is 396 g/mol. The third-order valence-electron chi connectivity index (χ3n) is 3.25. The molecule has 0 fully saturated rings. The van der Waals surface area contributed by atoms with Crippen LogP contribution in [0, 0.1) is 6.92 Å². The number of benzene rings is 2. The number of esters is 2. The summed E-state index contributed by atoms with van der Waals surface area (Å²) in [6.45, 7) is 3.17. The average Bonchev–Trinajstić information content (AvgIpc) is 2.51. The quantitative estimate of drug-likeness (QED) is 0.520. The minimum Gasteiger partial charge on any atom is -0.426 e. The lowest BCUT2D eigenvalue weighted by molar-refractivity contribution is -0.134. The summed E-state index contributed by atoms with van der Waals surface area (Å²) in [5.41, 5.74) is 1.73. The molecule has 2 aromatic carbocycles. The van der Waals surface area contributed by atoms with Gasteiger partial charge in [0.05, 0.1) is 9.50 Å². The number of halogens is 2. The first-order valence-electron chi connectivity index (χ1n) is 7.29. The predicted molar refractivity (Wildman–Crippen MR) is 95.6 cm³/mol. The molecule has 24 heavy (non-hydrogen) atoms. The van der Waals surface area contributed by atoms with Crippen LogP contribution in [0.15, 0.2) is 40.9 Å². The van der Waals surface area contributed by atoms with Gasteiger partial charge < -0.3 is 9.47 Å². The Hall–Kier alpha value is -1.85. The molecule has 0 aliphatic carbocycles. The molecule has 0 atom stereocenters. The Balaban J connectivity index is 1.97. The van der Waals surface area contributed by atoms with Gasteiger partial charge in [-0.25, -0.2) is 0 Å². The molecule has 4 nitrogen and oxygen atoms in total. The minimum absolute atomic E-state index is 0.212. The van der Waals surface area contributed by atoms with Crippen molar-refractivity contribution < 1.29 is 19.1 Å². The Labute approximate surface area is 153 Å². The average molecular weight is 412 g/mol. The van der Waals surface area contributed by atoms with E-state index in [9.17, 15) is 9.59 Å². The van der Waals surface area contributed by atoms with E-state index in [0.29, 0.717) is 27.4 Å². The smallest absolute Gasteiger partial charge is 0.311 e. The summed E-state index contributed by atoms with van der Waals surface area (Å²) in [7, 11) is 0. The van der Waals surface area contributed by atoms with Crippen LogP contribution in [0.4, 0.5) is 0 Å². The Morgan fingerprint density at radius 2 is 1.92 bits per heavy atom. The molecule has 0 bridgehead atoms. The van der Waals surface area contributed by atoms with E-state index in [1.165, 1.54) is 6.92 Å². The number of hydrogen-bond donors (Lipinski definition) is 0. The zero-order valence-electron chi connectivity index (χ0n) is 13.3. The van der Waals surface area contributed by atoms with Crippen molar-refractivity contribution in [1.29, 1.82) is 0 Å². The van der Waals surface area contributed by atoms with E-state index in [-0.39, 0.29) is 18.4 Å². The molecule has 0 N–H and O–H groups in total. The Bertz CT molecular complexity index is 753. The minimum atomic E-state index is -0.387. The van der Waals surface area contributed by atoms with E-state index in [2.05, 4.69) is 15.9 Å². The highest BCUT2D eigenvalue weighted by molar-refractivity contribution is 9.10. The van der Waals surface area contributed by atoms with E-state index < -0.39 is 0 Å². The zero-order valence-corrected chi connectivity index (χ0v) is 15.6. The highest BCUT2D eigenvalue weighted by Gasteiger charge is 2.12. The molecule has 2 rings (SSSR count). The molecule has 0 heterocycles. The van der Waals surface area contributed by atoms with E-state index >= 15 is 0 Å². The van der Waals surface area contributed by atoms with E-state index in [0.717, 1.165) is 11.1 Å². The standard InChI is InChI=1S/C18H16BrClO4/c1-11-4-3-5-15(20)18(11)24-17(22)9-7-13-6-8-16(14(19)10-13)23-12(2)21/h3-6,8,10H,7,9H2,1-2H3. The van der Waals surface area contributed by atoms with Crippen molar-refractivity contribution in [2.75, 3.05) is 0 Å². The maximum Gasteiger partial charge on any atom is 0.311 e. The molecule has 0 aliphatic rings. The van der Waals surface area contributed by atoms with Crippen LogP contribution >= 0.6 is 27.5 Å². The lowest BCUT2D eigenvalue weighted by Gasteiger charge is -2.10. The molecule has 0 amide bonds. The summed E-state index contributed by atoms with van der Waals surface area (Å²) in [4.78, 5) is 23.0. The van der Waals surface area contributed by atoms with Crippen LogP contribution in [0.2, 0.25) is 5.02 Å². The zero-order chi connectivity index (χ0) is 17.7. The third kappa shape index (κ3) is 5.08. The second-order valence-electron chi connectivity index (χ2n) is 5.22. The molecule has 0 unspecified atom stereocenters. The van der Waals surface area contributed by atoms with Crippen LogP contribution in [-0.2, 0) is 16.0 Å². The van der Waals surface area contributed by atoms with Gasteiger partial charge in [-0.2, -0.15) is 0 Å². The van der Waals surface area contributed by atoms with Crippen molar-refractivity contribution in [1.82, 2.24) is 0 Å². The second kappa shape index (κ2) is 8.31. The maximum absolute atomic E-state index is 12.0. The van der Waals surface area contributed by atoms with Crippen LogP contribution in [0.1, 0.15) is 24.5 Å². The molecule has 0 saturated heterocycles. The predicted octanol–water partition coefficient (Wildman–Crippen LogP) is 4.87. The third-order valence-corrected chi connectivity index (χ3v) is 4.16. The van der Waals surface area contributed by atoms with Gasteiger partial charge in [0.1, 0.15) is 5.75 Å². The number of carbonyl (C=O) groups is 2. The summed E-state index contributed by atoms with van der Waals surface area (Å²) in [5, 5.41) is 0.414. The van der Waals surface area contributed by atoms with Gasteiger partial charge >= 0.3 is 11.9 Å². The maximum atomic E-state index is 12.0. The summed E-state index contributed by atoms with van der Waals surface area (Å²) >= 11 is 9.39. The highest BCUT2D eigenvalue weighted by Crippen LogP contribution is 2.29. The van der Waals surface area contributed by atoms with Gasteiger partial charge in [0, 0.05) is 13.3 Å². The first kappa shape index (κ1) is 18.5. The first-order valence-corrected chi connectivity index (χ1v) is 8.46. The number of aryl methyl sites for hydroxylation is 2. The van der Waals surface area contributed by atoms with Crippen molar-refractivity contribution in [3.63, 3.8) is 0 Å². The molecular formula is C18H16BrClO4. The fraction of sp³-hybridized carbons (Fsp3) is 0.222. The molecule has 0 aliphatic heterocycles. The lowest BCUT2D eigenvalue weighted by atomic mass is 10.1. The Morgan fingerprint density at radius 1 is 1.17 bits per heavy atom. The van der Waals surface area contributed by atoms with Crippen molar-refractivity contribution in [2.45, 2.75) is 26.7 Å². The number of ether oxygens (including phenoxy) is 2. The molecule has 2 aromatic rings. The molecule has 0 saturated carbocycles. The first-order chi connectivity index (χ1) is 11.4. The van der Waals surface area contributed by atoms with Crippen LogP contribution in [0.3, 0.4) is 0 Å². The summed E-state index contributed by atoms with van der Waals surface area (Å²) in [6, 6.07) is 10.6. The van der Waals surface area contributed by atoms with Crippen molar-refractivity contribution in [2.24, 2.45) is 0 Å². The van der Waals surface area contributed by atoms with Crippen LogP contribution in [0.5, 0.6) is 11.5 Å². The van der Waals surface area contributed by atoms with Gasteiger partial charge in [-0.15, -0.1) is 0 Å². The molecule has 6 heteroatoms. The van der Waals surface area contributed by atoms with Gasteiger partial charge in [0.15, 0.2) is 5.75 Å². The monoisotopic (exact) mass is 410 g/mol. The second-order valence-corrected chi connectivity index (χ2v) is 6.48. The number of hydrogen-bond acceptors (Lipinski definition) is 4. The highest BCUT2D eigenvalue weighted by atomic mass is 79.9. The Kier molecular flexibility index (Phi) is 6.40. The fourth-order valence-electron chi connectivity index (χ4n) is 2.09. The summed E-state index contributed by atoms with van der Waals surface area (Å²) in [5.74, 6) is 0.101. The SMILES string of the molecule is CC(=O)Oc1ccc(CCC(=O)Oc2c(C)cccc2Cl)cc1Br. The Morgan fingerprint density at radius 3 is 2.54 bits per heavy atom. The molecule has 0 radical (unpaired) electrons. The van der Waals surface area contributed by atoms with E-state index in [1.807, 2.05) is 19.1 Å². The lowest BCUT2D eigenvalue weighted by Crippen LogP contribution is -2.10. The summed E-state index contributed by atoms with van der Waals surface area (Å²) in [6.07, 6.45) is 0.714. The van der Waals surface area contributed by atoms with Crippen LogP contribution < -0.4 is 9.47 Å². The van der Waals surface area contributed by atoms with E-state index in [4.69, 9.17) is 21.1 Å². The topological polar surface area (TPSA) is 52.6 Å².